The van der Waals surface area contributed by atoms with E-state index in [0.29, 0.717) is 10.7 Å². The Morgan fingerprint density at radius 1 is 1.27 bits per heavy atom. The number of anilines is 1. The van der Waals surface area contributed by atoms with Gasteiger partial charge in [0.2, 0.25) is 5.91 Å². The number of alkyl carbamates (subject to hydrolysis) is 1. The van der Waals surface area contributed by atoms with E-state index in [0.717, 1.165) is 22.1 Å². The summed E-state index contributed by atoms with van der Waals surface area (Å²) in [7, 11) is 1.50. The second-order valence-corrected chi connectivity index (χ2v) is 9.10. The molecule has 2 amide bonds. The van der Waals surface area contributed by atoms with Crippen LogP contribution in [0, 0.1) is 0 Å². The van der Waals surface area contributed by atoms with Crippen molar-refractivity contribution < 1.29 is 31.9 Å². The number of alkyl halides is 3. The predicted octanol–water partition coefficient (Wildman–Crippen LogP) is 5.09. The molecule has 0 aliphatic rings. The summed E-state index contributed by atoms with van der Waals surface area (Å²) in [4.78, 5) is 26.0. The molecule has 0 unspecified atom stereocenters. The molecule has 0 bridgehead atoms. The molecule has 0 aliphatic carbocycles. The van der Waals surface area contributed by atoms with Gasteiger partial charge in [-0.05, 0) is 45.9 Å². The van der Waals surface area contributed by atoms with Crippen LogP contribution in [0.2, 0.25) is 0 Å². The fourth-order valence-electron chi connectivity index (χ4n) is 2.86. The zero-order valence-corrected chi connectivity index (χ0v) is 19.4. The summed E-state index contributed by atoms with van der Waals surface area (Å²) in [6.45, 7) is 6.62. The Bertz CT molecular complexity index is 1130. The lowest BCUT2D eigenvalue weighted by Gasteiger charge is -2.24. The summed E-state index contributed by atoms with van der Waals surface area (Å²) in [6, 6.07) is 4.63. The first kappa shape index (κ1) is 24.4. The second kappa shape index (κ2) is 8.93. The summed E-state index contributed by atoms with van der Waals surface area (Å²) in [5, 5.41) is 8.19. The van der Waals surface area contributed by atoms with Crippen LogP contribution >= 0.6 is 11.3 Å². The fourth-order valence-corrected chi connectivity index (χ4v) is 3.71. The third-order valence-electron chi connectivity index (χ3n) is 4.35. The smallest absolute Gasteiger partial charge is 0.435 e. The third kappa shape index (κ3) is 5.75. The van der Waals surface area contributed by atoms with Crippen molar-refractivity contribution in [3.05, 3.63) is 41.6 Å². The minimum Gasteiger partial charge on any atom is -0.463 e. The van der Waals surface area contributed by atoms with Crippen LogP contribution in [0.25, 0.3) is 17.1 Å². The molecule has 0 saturated heterocycles. The molecule has 3 aromatic heterocycles. The number of halogens is 3. The summed E-state index contributed by atoms with van der Waals surface area (Å²) < 4.78 is 51.3. The highest BCUT2D eigenvalue weighted by atomic mass is 32.1. The van der Waals surface area contributed by atoms with Crippen LogP contribution in [-0.4, -0.2) is 40.5 Å². The first-order chi connectivity index (χ1) is 15.3. The zero-order valence-electron chi connectivity index (χ0n) is 18.6. The minimum atomic E-state index is -4.64. The molecule has 33 heavy (non-hydrogen) atoms. The van der Waals surface area contributed by atoms with Crippen LogP contribution in [0.4, 0.5) is 23.0 Å². The molecule has 12 heteroatoms. The number of carbonyl (C=O) groups is 2. The van der Waals surface area contributed by atoms with E-state index in [9.17, 15) is 22.8 Å². The van der Waals surface area contributed by atoms with Crippen LogP contribution in [0.1, 0.15) is 33.4 Å². The first-order valence-corrected chi connectivity index (χ1v) is 10.7. The number of carbonyl (C=O) groups excluding carboxylic acids is 2. The van der Waals surface area contributed by atoms with Gasteiger partial charge in [-0.2, -0.15) is 18.3 Å². The average Bonchev–Trinajstić information content (AvgIpc) is 3.43. The summed E-state index contributed by atoms with van der Waals surface area (Å²) in [5.41, 5.74) is -1.34. The molecule has 3 heterocycles. The quantitative estimate of drug-likeness (QED) is 0.545. The van der Waals surface area contributed by atoms with E-state index in [1.165, 1.54) is 37.3 Å². The van der Waals surface area contributed by atoms with Crippen molar-refractivity contribution in [3.8, 4) is 17.1 Å². The Morgan fingerprint density at radius 2 is 1.97 bits per heavy atom. The molecule has 0 radical (unpaired) electrons. The SMILES string of the molecule is C[C@H](NC(=O)OC(C)(C)C)C(=O)N(C)c1cc(-n2nc(C(F)(F)F)cc2-c2ccco2)cs1. The van der Waals surface area contributed by atoms with Crippen LogP contribution in [-0.2, 0) is 15.7 Å². The topological polar surface area (TPSA) is 89.6 Å². The van der Waals surface area contributed by atoms with E-state index in [1.807, 2.05) is 0 Å². The van der Waals surface area contributed by atoms with Gasteiger partial charge in [-0.25, -0.2) is 9.48 Å². The predicted molar refractivity (Wildman–Crippen MR) is 116 cm³/mol. The van der Waals surface area contributed by atoms with E-state index in [1.54, 1.807) is 32.2 Å². The van der Waals surface area contributed by atoms with Gasteiger partial charge < -0.3 is 19.4 Å². The molecule has 0 spiro atoms. The van der Waals surface area contributed by atoms with Crippen LogP contribution in [0.5, 0.6) is 0 Å². The fraction of sp³-hybridized carbons (Fsp3) is 0.381. The number of furan rings is 1. The molecule has 3 rings (SSSR count). The normalized spacial score (nSPS) is 13.0. The Labute approximate surface area is 191 Å². The van der Waals surface area contributed by atoms with Gasteiger partial charge in [0.1, 0.15) is 17.3 Å². The summed E-state index contributed by atoms with van der Waals surface area (Å²) >= 11 is 1.14. The molecule has 178 valence electrons. The van der Waals surface area contributed by atoms with E-state index >= 15 is 0 Å². The molecule has 3 aromatic rings. The van der Waals surface area contributed by atoms with Crippen molar-refractivity contribution in [2.45, 2.75) is 45.5 Å². The molecule has 8 nitrogen and oxygen atoms in total. The van der Waals surface area contributed by atoms with Crippen molar-refractivity contribution in [2.75, 3.05) is 11.9 Å². The zero-order chi connectivity index (χ0) is 24.6. The molecule has 0 fully saturated rings. The number of thiophene rings is 1. The number of hydrogen-bond donors (Lipinski definition) is 1. The van der Waals surface area contributed by atoms with E-state index in [2.05, 4.69) is 10.4 Å². The highest BCUT2D eigenvalue weighted by Gasteiger charge is 2.36. The maximum Gasteiger partial charge on any atom is 0.435 e. The molecule has 0 aromatic carbocycles. The molecule has 1 N–H and O–H groups in total. The van der Waals surface area contributed by atoms with Crippen LogP contribution in [0.15, 0.2) is 40.3 Å². The van der Waals surface area contributed by atoms with Gasteiger partial charge in [0.15, 0.2) is 11.5 Å². The summed E-state index contributed by atoms with van der Waals surface area (Å²) in [5.74, 6) is -0.220. The third-order valence-corrected chi connectivity index (χ3v) is 5.35. The van der Waals surface area contributed by atoms with Crippen LogP contribution < -0.4 is 10.2 Å². The van der Waals surface area contributed by atoms with Crippen molar-refractivity contribution in [2.24, 2.45) is 0 Å². The van der Waals surface area contributed by atoms with Crippen molar-refractivity contribution in [1.29, 1.82) is 0 Å². The maximum absolute atomic E-state index is 13.3. The van der Waals surface area contributed by atoms with Gasteiger partial charge >= 0.3 is 12.3 Å². The largest absolute Gasteiger partial charge is 0.463 e. The average molecular weight is 485 g/mol. The number of nitrogens with one attached hydrogen (secondary N) is 1. The molecule has 0 saturated carbocycles. The van der Waals surface area contributed by atoms with E-state index < -0.39 is 35.5 Å². The number of nitrogens with zero attached hydrogens (tertiary/aromatic N) is 3. The Morgan fingerprint density at radius 3 is 2.55 bits per heavy atom. The Balaban J connectivity index is 1.83. The van der Waals surface area contributed by atoms with Gasteiger partial charge in [0, 0.05) is 18.5 Å². The Kier molecular flexibility index (Phi) is 6.59. The maximum atomic E-state index is 13.3. The van der Waals surface area contributed by atoms with Crippen molar-refractivity contribution in [3.63, 3.8) is 0 Å². The lowest BCUT2D eigenvalue weighted by molar-refractivity contribution is -0.141. The number of rotatable bonds is 5. The number of amides is 2. The minimum absolute atomic E-state index is 0.116. The van der Waals surface area contributed by atoms with E-state index in [-0.39, 0.29) is 11.5 Å². The van der Waals surface area contributed by atoms with Gasteiger partial charge in [-0.3, -0.25) is 4.79 Å². The lowest BCUT2D eigenvalue weighted by Crippen LogP contribution is -2.47. The summed E-state index contributed by atoms with van der Waals surface area (Å²) in [6.07, 6.45) is -4.02. The number of ether oxygens (including phenoxy) is 1. The van der Waals surface area contributed by atoms with E-state index in [4.69, 9.17) is 9.15 Å². The van der Waals surface area contributed by atoms with Crippen LogP contribution in [0.3, 0.4) is 0 Å². The number of hydrogen-bond acceptors (Lipinski definition) is 6. The standard InChI is InChI=1S/C21H23F3N4O4S/c1-12(25-19(30)32-20(2,3)4)18(29)27(5)17-9-13(11-33-17)28-14(15-7-6-8-31-15)10-16(26-28)21(22,23)24/h6-12H,1-5H3,(H,25,30)/t12-/m0/s1. The van der Waals surface area contributed by atoms with Gasteiger partial charge in [-0.15, -0.1) is 11.3 Å². The second-order valence-electron chi connectivity index (χ2n) is 8.21. The molecule has 1 atom stereocenters. The molecule has 0 aliphatic heterocycles. The van der Waals surface area contributed by atoms with Crippen molar-refractivity contribution >= 4 is 28.3 Å². The van der Waals surface area contributed by atoms with Gasteiger partial charge in [-0.1, -0.05) is 0 Å². The highest BCUT2D eigenvalue weighted by molar-refractivity contribution is 7.14. The number of aromatic nitrogens is 2. The van der Waals surface area contributed by atoms with Crippen molar-refractivity contribution in [1.82, 2.24) is 15.1 Å². The first-order valence-electron chi connectivity index (χ1n) is 9.83. The highest BCUT2D eigenvalue weighted by Crippen LogP contribution is 2.35. The number of likely N-dealkylation sites (N-methyl/N-ethyl adjacent to an activating group) is 1. The van der Waals surface area contributed by atoms with Gasteiger partial charge in [0.25, 0.3) is 0 Å². The monoisotopic (exact) mass is 484 g/mol. The lowest BCUT2D eigenvalue weighted by atomic mass is 10.2. The molecular formula is C21H23F3N4O4S. The Hall–Kier alpha value is -3.28. The van der Waals surface area contributed by atoms with Gasteiger partial charge in [0.05, 0.1) is 17.0 Å². The molecular weight excluding hydrogens is 461 g/mol.